The second kappa shape index (κ2) is 7.26. The predicted octanol–water partition coefficient (Wildman–Crippen LogP) is 1.73. The number of hydrogen-bond donors (Lipinski definition) is 1. The average Bonchev–Trinajstić information content (AvgIpc) is 2.27. The molecule has 0 radical (unpaired) electrons. The van der Waals surface area contributed by atoms with Crippen molar-refractivity contribution in [3.05, 3.63) is 0 Å². The Morgan fingerprint density at radius 3 is 2.33 bits per heavy atom. The van der Waals surface area contributed by atoms with E-state index in [-0.39, 0.29) is 12.7 Å². The molecular weight excluding hydrogens is 285 g/mol. The van der Waals surface area contributed by atoms with E-state index >= 15 is 0 Å². The lowest BCUT2D eigenvalue weighted by molar-refractivity contribution is -0.156. The Morgan fingerprint density at radius 2 is 1.86 bits per heavy atom. The standard InChI is InChI=1S/C14H27F3N2O2/c1-11(2)21-8-12(20)7-19-6-5-18(9-13(19,3)4)10-14(15,16)17/h11-12,20H,5-10H2,1-4H3. The minimum Gasteiger partial charge on any atom is -0.389 e. The largest absolute Gasteiger partial charge is 0.401 e. The fraction of sp³-hybridized carbons (Fsp3) is 1.00. The number of aliphatic hydroxyl groups excluding tert-OH is 1. The summed E-state index contributed by atoms with van der Waals surface area (Å²) in [6, 6.07) is 0. The number of piperazine rings is 1. The number of rotatable bonds is 6. The highest BCUT2D eigenvalue weighted by atomic mass is 19.4. The molecule has 0 bridgehead atoms. The second-order valence-corrected chi connectivity index (χ2v) is 6.62. The Bertz CT molecular complexity index is 322. The number of hydrogen-bond acceptors (Lipinski definition) is 4. The first kappa shape index (κ1) is 18.7. The van der Waals surface area contributed by atoms with Crippen molar-refractivity contribution in [2.24, 2.45) is 0 Å². The van der Waals surface area contributed by atoms with Crippen LogP contribution in [-0.4, -0.2) is 78.2 Å². The van der Waals surface area contributed by atoms with E-state index < -0.39 is 24.4 Å². The quantitative estimate of drug-likeness (QED) is 0.810. The van der Waals surface area contributed by atoms with Crippen LogP contribution in [0.15, 0.2) is 0 Å². The van der Waals surface area contributed by atoms with Crippen molar-refractivity contribution in [2.45, 2.75) is 51.6 Å². The number of halogens is 3. The van der Waals surface area contributed by atoms with Crippen molar-refractivity contribution in [2.75, 3.05) is 39.3 Å². The lowest BCUT2D eigenvalue weighted by atomic mass is 9.98. The van der Waals surface area contributed by atoms with E-state index in [1.165, 1.54) is 4.90 Å². The molecule has 1 unspecified atom stereocenters. The molecule has 0 amide bonds. The van der Waals surface area contributed by atoms with E-state index in [0.29, 0.717) is 26.2 Å². The Morgan fingerprint density at radius 1 is 1.24 bits per heavy atom. The molecule has 0 spiro atoms. The third-order valence-corrected chi connectivity index (χ3v) is 3.61. The van der Waals surface area contributed by atoms with Gasteiger partial charge in [-0.15, -0.1) is 0 Å². The van der Waals surface area contributed by atoms with Crippen LogP contribution in [0.4, 0.5) is 13.2 Å². The van der Waals surface area contributed by atoms with Gasteiger partial charge in [0.25, 0.3) is 0 Å². The SMILES string of the molecule is CC(C)OCC(O)CN1CCN(CC(F)(F)F)CC1(C)C. The monoisotopic (exact) mass is 312 g/mol. The minimum atomic E-state index is -4.16. The van der Waals surface area contributed by atoms with Crippen LogP contribution in [0.2, 0.25) is 0 Å². The van der Waals surface area contributed by atoms with Crippen LogP contribution >= 0.6 is 0 Å². The van der Waals surface area contributed by atoms with Gasteiger partial charge in [0.1, 0.15) is 0 Å². The molecule has 1 fully saturated rings. The Labute approximate surface area is 124 Å². The first-order chi connectivity index (χ1) is 9.49. The topological polar surface area (TPSA) is 35.9 Å². The van der Waals surface area contributed by atoms with Crippen molar-refractivity contribution in [1.82, 2.24) is 9.80 Å². The minimum absolute atomic E-state index is 0.0521. The molecule has 0 aliphatic carbocycles. The fourth-order valence-electron chi connectivity index (χ4n) is 2.63. The number of alkyl halides is 3. The molecule has 0 aromatic rings. The summed E-state index contributed by atoms with van der Waals surface area (Å²) in [4.78, 5) is 3.46. The van der Waals surface area contributed by atoms with E-state index in [0.717, 1.165) is 0 Å². The van der Waals surface area contributed by atoms with E-state index in [1.54, 1.807) is 0 Å². The molecule has 0 aromatic heterocycles. The molecule has 1 N–H and O–H groups in total. The molecule has 1 saturated heterocycles. The predicted molar refractivity (Wildman–Crippen MR) is 75.2 cm³/mol. The Balaban J connectivity index is 2.48. The maximum Gasteiger partial charge on any atom is 0.401 e. The summed E-state index contributed by atoms with van der Waals surface area (Å²) in [5.74, 6) is 0. The van der Waals surface area contributed by atoms with Gasteiger partial charge < -0.3 is 9.84 Å². The van der Waals surface area contributed by atoms with Crippen LogP contribution in [0.1, 0.15) is 27.7 Å². The summed E-state index contributed by atoms with van der Waals surface area (Å²) in [7, 11) is 0. The van der Waals surface area contributed by atoms with Gasteiger partial charge in [-0.1, -0.05) is 0 Å². The summed E-state index contributed by atoms with van der Waals surface area (Å²) in [5.41, 5.74) is -0.400. The van der Waals surface area contributed by atoms with Gasteiger partial charge in [-0.2, -0.15) is 13.2 Å². The molecule has 1 atom stereocenters. The highest BCUT2D eigenvalue weighted by Crippen LogP contribution is 2.24. The molecule has 1 rings (SSSR count). The third-order valence-electron chi connectivity index (χ3n) is 3.61. The number of ether oxygens (including phenoxy) is 1. The second-order valence-electron chi connectivity index (χ2n) is 6.62. The molecular formula is C14H27F3N2O2. The number of nitrogens with zero attached hydrogens (tertiary/aromatic N) is 2. The van der Waals surface area contributed by atoms with Gasteiger partial charge in [0.2, 0.25) is 0 Å². The summed E-state index contributed by atoms with van der Waals surface area (Å²) < 4.78 is 42.8. The van der Waals surface area contributed by atoms with E-state index in [4.69, 9.17) is 4.74 Å². The van der Waals surface area contributed by atoms with Gasteiger partial charge in [-0.25, -0.2) is 0 Å². The number of β-amino-alcohol motifs (C(OH)–C–C–N with tert-alkyl or cyclic N) is 1. The zero-order chi connectivity index (χ0) is 16.3. The highest BCUT2D eigenvalue weighted by Gasteiger charge is 2.39. The third kappa shape index (κ3) is 6.95. The van der Waals surface area contributed by atoms with Crippen LogP contribution in [0.3, 0.4) is 0 Å². The summed E-state index contributed by atoms with van der Waals surface area (Å²) >= 11 is 0. The smallest absolute Gasteiger partial charge is 0.389 e. The molecule has 0 aromatic carbocycles. The van der Waals surface area contributed by atoms with Crippen molar-refractivity contribution >= 4 is 0 Å². The van der Waals surface area contributed by atoms with Crippen molar-refractivity contribution in [1.29, 1.82) is 0 Å². The van der Waals surface area contributed by atoms with Crippen molar-refractivity contribution < 1.29 is 23.0 Å². The van der Waals surface area contributed by atoms with Crippen LogP contribution in [-0.2, 0) is 4.74 Å². The molecule has 21 heavy (non-hydrogen) atoms. The zero-order valence-corrected chi connectivity index (χ0v) is 13.3. The van der Waals surface area contributed by atoms with Gasteiger partial charge >= 0.3 is 6.18 Å². The lowest BCUT2D eigenvalue weighted by Crippen LogP contribution is -2.61. The molecule has 7 heteroatoms. The van der Waals surface area contributed by atoms with Crippen molar-refractivity contribution in [3.63, 3.8) is 0 Å². The first-order valence-corrected chi connectivity index (χ1v) is 7.33. The van der Waals surface area contributed by atoms with Gasteiger partial charge in [-0.3, -0.25) is 9.80 Å². The molecule has 1 heterocycles. The molecule has 0 saturated carbocycles. The van der Waals surface area contributed by atoms with Crippen molar-refractivity contribution in [3.8, 4) is 0 Å². The van der Waals surface area contributed by atoms with Gasteiger partial charge in [-0.05, 0) is 27.7 Å². The number of aliphatic hydroxyl groups is 1. The molecule has 4 nitrogen and oxygen atoms in total. The lowest BCUT2D eigenvalue weighted by Gasteiger charge is -2.48. The molecule has 126 valence electrons. The van der Waals surface area contributed by atoms with Gasteiger partial charge in [0.05, 0.1) is 25.4 Å². The fourth-order valence-corrected chi connectivity index (χ4v) is 2.63. The Hall–Kier alpha value is -0.370. The summed E-state index contributed by atoms with van der Waals surface area (Å²) in [6.07, 6.45) is -4.74. The maximum atomic E-state index is 12.5. The Kier molecular flexibility index (Phi) is 6.46. The first-order valence-electron chi connectivity index (χ1n) is 7.33. The molecule has 1 aliphatic heterocycles. The van der Waals surface area contributed by atoms with Crippen LogP contribution < -0.4 is 0 Å². The summed E-state index contributed by atoms with van der Waals surface area (Å²) in [5, 5.41) is 9.97. The normalized spacial score (nSPS) is 22.7. The van der Waals surface area contributed by atoms with Crippen LogP contribution in [0, 0.1) is 0 Å². The molecule has 1 aliphatic rings. The van der Waals surface area contributed by atoms with E-state index in [1.807, 2.05) is 32.6 Å². The maximum absolute atomic E-state index is 12.5. The van der Waals surface area contributed by atoms with Gasteiger partial charge in [0, 0.05) is 31.7 Å². The highest BCUT2D eigenvalue weighted by molar-refractivity contribution is 4.91. The van der Waals surface area contributed by atoms with Crippen LogP contribution in [0.25, 0.3) is 0 Å². The summed E-state index contributed by atoms with van der Waals surface area (Å²) in [6.45, 7) is 8.61. The van der Waals surface area contributed by atoms with E-state index in [2.05, 4.69) is 0 Å². The van der Waals surface area contributed by atoms with E-state index in [9.17, 15) is 18.3 Å². The zero-order valence-electron chi connectivity index (χ0n) is 13.3. The van der Waals surface area contributed by atoms with Crippen LogP contribution in [0.5, 0.6) is 0 Å². The van der Waals surface area contributed by atoms with Gasteiger partial charge in [0.15, 0.2) is 0 Å². The average molecular weight is 312 g/mol.